The summed E-state index contributed by atoms with van der Waals surface area (Å²) in [5.74, 6) is 1.91. The second-order valence-corrected chi connectivity index (χ2v) is 12.3. The highest BCUT2D eigenvalue weighted by atomic mass is 32.2. The molecule has 6 aromatic rings. The molecule has 0 amide bonds. The Morgan fingerprint density at radius 3 is 2.67 bits per heavy atom. The van der Waals surface area contributed by atoms with E-state index in [1.54, 1.807) is 29.4 Å². The zero-order valence-electron chi connectivity index (χ0n) is 23.0. The summed E-state index contributed by atoms with van der Waals surface area (Å²) in [6.45, 7) is 2.96. The average Bonchev–Trinajstić information content (AvgIpc) is 3.45. The number of sulfone groups is 1. The van der Waals surface area contributed by atoms with Gasteiger partial charge in [-0.05, 0) is 65.6 Å². The van der Waals surface area contributed by atoms with Crippen molar-refractivity contribution in [2.45, 2.75) is 13.5 Å². The molecule has 0 unspecified atom stereocenters. The number of ether oxygens (including phenoxy) is 1. The molecule has 212 valence electrons. The highest BCUT2D eigenvalue weighted by Gasteiger charge is 2.10. The van der Waals surface area contributed by atoms with Crippen molar-refractivity contribution >= 4 is 37.9 Å². The number of hydrogen-bond donors (Lipinski definition) is 2. The van der Waals surface area contributed by atoms with Gasteiger partial charge in [0.2, 0.25) is 5.88 Å². The first-order valence-corrected chi connectivity index (χ1v) is 15.3. The van der Waals surface area contributed by atoms with Crippen LogP contribution in [0.15, 0.2) is 85.7 Å². The van der Waals surface area contributed by atoms with Crippen LogP contribution < -0.4 is 15.4 Å². The number of benzene rings is 3. The second kappa shape index (κ2) is 11.5. The fourth-order valence-corrected chi connectivity index (χ4v) is 5.06. The van der Waals surface area contributed by atoms with Gasteiger partial charge in [-0.3, -0.25) is 4.40 Å². The third-order valence-electron chi connectivity index (χ3n) is 6.69. The summed E-state index contributed by atoms with van der Waals surface area (Å²) in [4.78, 5) is 13.3. The lowest BCUT2D eigenvalue weighted by molar-refractivity contribution is 0.458. The van der Waals surface area contributed by atoms with E-state index in [1.165, 1.54) is 6.26 Å². The molecular weight excluding hydrogens is 552 g/mol. The van der Waals surface area contributed by atoms with Crippen LogP contribution in [0.25, 0.3) is 27.7 Å². The Labute approximate surface area is 242 Å². The largest absolute Gasteiger partial charge is 0.439 e. The van der Waals surface area contributed by atoms with E-state index in [2.05, 4.69) is 54.0 Å². The zero-order chi connectivity index (χ0) is 29.1. The minimum absolute atomic E-state index is 0.111. The molecule has 0 aliphatic rings. The topological polar surface area (TPSA) is 136 Å². The monoisotopic (exact) mass is 580 g/mol. The van der Waals surface area contributed by atoms with Crippen molar-refractivity contribution in [3.05, 3.63) is 96.8 Å². The summed E-state index contributed by atoms with van der Waals surface area (Å²) >= 11 is 0. The van der Waals surface area contributed by atoms with Gasteiger partial charge in [-0.2, -0.15) is 0 Å². The number of aromatic nitrogens is 6. The molecule has 6 rings (SSSR count). The zero-order valence-corrected chi connectivity index (χ0v) is 23.8. The van der Waals surface area contributed by atoms with Crippen LogP contribution in [-0.4, -0.2) is 56.5 Å². The van der Waals surface area contributed by atoms with E-state index >= 15 is 0 Å². The summed E-state index contributed by atoms with van der Waals surface area (Å²) in [6.07, 6.45) is 5.98. The second-order valence-electron chi connectivity index (χ2n) is 9.99. The lowest BCUT2D eigenvalue weighted by Gasteiger charge is -2.13. The predicted octanol–water partition coefficient (Wildman–Crippen LogP) is 4.71. The standard InChI is InChI=1S/C30H28N8O3S/c1-20-12-24(7-9-27(20)41-29-15-28-37-35-19-38(28)18-34-29)36-30-25-14-23(6-8-26(25)32-17-33-30)22-5-3-4-21(13-22)16-31-10-11-42(2,39)40/h3-9,12-15,17-19,31H,10-11,16H2,1-2H3,(H,32,33,36). The number of nitrogens with one attached hydrogen (secondary N) is 2. The highest BCUT2D eigenvalue weighted by Crippen LogP contribution is 2.31. The van der Waals surface area contributed by atoms with Crippen LogP contribution in [0.3, 0.4) is 0 Å². The van der Waals surface area contributed by atoms with Crippen molar-refractivity contribution in [1.82, 2.24) is 34.9 Å². The van der Waals surface area contributed by atoms with E-state index in [1.807, 2.05) is 49.4 Å². The number of nitrogens with zero attached hydrogens (tertiary/aromatic N) is 6. The SMILES string of the molecule is Cc1cc(Nc2ncnc3ccc(-c4cccc(CNCCS(C)(=O)=O)c4)cc23)ccc1Oc1cc2nncn2cn1. The number of fused-ring (bicyclic) bond motifs is 2. The Bertz CT molecular complexity index is 2010. The van der Waals surface area contributed by atoms with Gasteiger partial charge in [0, 0.05) is 36.5 Å². The first-order valence-electron chi connectivity index (χ1n) is 13.2. The Hall–Kier alpha value is -4.94. The van der Waals surface area contributed by atoms with Crippen molar-refractivity contribution in [2.75, 3.05) is 23.9 Å². The Kier molecular flexibility index (Phi) is 7.46. The van der Waals surface area contributed by atoms with E-state index in [4.69, 9.17) is 4.74 Å². The van der Waals surface area contributed by atoms with Crippen LogP contribution in [0, 0.1) is 6.92 Å². The lowest BCUT2D eigenvalue weighted by Crippen LogP contribution is -2.21. The van der Waals surface area contributed by atoms with Crippen molar-refractivity contribution in [3.8, 4) is 22.8 Å². The smallest absolute Gasteiger partial charge is 0.224 e. The molecule has 0 aliphatic carbocycles. The van der Waals surface area contributed by atoms with Crippen molar-refractivity contribution in [2.24, 2.45) is 0 Å². The third kappa shape index (κ3) is 6.35. The van der Waals surface area contributed by atoms with Crippen molar-refractivity contribution in [1.29, 1.82) is 0 Å². The normalized spacial score (nSPS) is 11.7. The van der Waals surface area contributed by atoms with E-state index < -0.39 is 9.84 Å². The Morgan fingerprint density at radius 2 is 1.81 bits per heavy atom. The number of hydrogen-bond acceptors (Lipinski definition) is 10. The fraction of sp³-hybridized carbons (Fsp3) is 0.167. The fourth-order valence-electron chi connectivity index (χ4n) is 4.54. The van der Waals surface area contributed by atoms with Crippen molar-refractivity contribution < 1.29 is 13.2 Å². The molecule has 0 atom stereocenters. The molecule has 11 nitrogen and oxygen atoms in total. The van der Waals surface area contributed by atoms with Gasteiger partial charge in [-0.15, -0.1) is 10.2 Å². The van der Waals surface area contributed by atoms with Crippen LogP contribution in [0.4, 0.5) is 11.5 Å². The van der Waals surface area contributed by atoms with E-state index in [9.17, 15) is 8.42 Å². The molecule has 0 saturated carbocycles. The van der Waals surface area contributed by atoms with Gasteiger partial charge >= 0.3 is 0 Å². The molecule has 3 aromatic heterocycles. The summed E-state index contributed by atoms with van der Waals surface area (Å²) in [7, 11) is -2.99. The lowest BCUT2D eigenvalue weighted by atomic mass is 10.0. The number of anilines is 2. The maximum atomic E-state index is 11.4. The summed E-state index contributed by atoms with van der Waals surface area (Å²) in [5, 5.41) is 15.4. The molecule has 2 N–H and O–H groups in total. The molecule has 0 spiro atoms. The van der Waals surface area contributed by atoms with Gasteiger partial charge < -0.3 is 15.4 Å². The van der Waals surface area contributed by atoms with Crippen molar-refractivity contribution in [3.63, 3.8) is 0 Å². The molecule has 0 bridgehead atoms. The minimum Gasteiger partial charge on any atom is -0.439 e. The molecule has 3 heterocycles. The predicted molar refractivity (Wildman–Crippen MR) is 162 cm³/mol. The van der Waals surface area contributed by atoms with Crippen LogP contribution in [0.2, 0.25) is 0 Å². The van der Waals surface area contributed by atoms with E-state index in [0.717, 1.165) is 38.8 Å². The van der Waals surface area contributed by atoms with Gasteiger partial charge in [-0.1, -0.05) is 24.3 Å². The molecule has 12 heteroatoms. The van der Waals surface area contributed by atoms with Crippen LogP contribution in [0.1, 0.15) is 11.1 Å². The first-order chi connectivity index (χ1) is 20.3. The summed E-state index contributed by atoms with van der Waals surface area (Å²) in [6, 6.07) is 21.8. The Morgan fingerprint density at radius 1 is 0.929 bits per heavy atom. The molecular formula is C30H28N8O3S. The average molecular weight is 581 g/mol. The summed E-state index contributed by atoms with van der Waals surface area (Å²) < 4.78 is 30.5. The van der Waals surface area contributed by atoms with Crippen LogP contribution in [-0.2, 0) is 16.4 Å². The molecule has 0 saturated heterocycles. The number of rotatable bonds is 10. The van der Waals surface area contributed by atoms with Crippen LogP contribution in [0.5, 0.6) is 11.6 Å². The summed E-state index contributed by atoms with van der Waals surface area (Å²) in [5.41, 5.74) is 6.38. The maximum absolute atomic E-state index is 11.4. The van der Waals surface area contributed by atoms with E-state index in [0.29, 0.717) is 36.2 Å². The van der Waals surface area contributed by atoms with Gasteiger partial charge in [-0.25, -0.2) is 23.4 Å². The molecule has 3 aromatic carbocycles. The molecule has 0 fully saturated rings. The minimum atomic E-state index is -2.99. The molecule has 0 aliphatic heterocycles. The molecule has 0 radical (unpaired) electrons. The number of aryl methyl sites for hydroxylation is 1. The highest BCUT2D eigenvalue weighted by molar-refractivity contribution is 7.90. The maximum Gasteiger partial charge on any atom is 0.224 e. The van der Waals surface area contributed by atoms with E-state index in [-0.39, 0.29) is 5.75 Å². The third-order valence-corrected chi connectivity index (χ3v) is 7.64. The molecule has 42 heavy (non-hydrogen) atoms. The van der Waals surface area contributed by atoms with Gasteiger partial charge in [0.05, 0.1) is 11.3 Å². The van der Waals surface area contributed by atoms with Gasteiger partial charge in [0.1, 0.15) is 40.4 Å². The quantitative estimate of drug-likeness (QED) is 0.219. The Balaban J connectivity index is 1.20. The van der Waals surface area contributed by atoms with Crippen LogP contribution >= 0.6 is 0 Å². The first kappa shape index (κ1) is 27.2. The van der Waals surface area contributed by atoms with Gasteiger partial charge in [0.25, 0.3) is 0 Å². The van der Waals surface area contributed by atoms with Gasteiger partial charge in [0.15, 0.2) is 5.65 Å².